The minimum Gasteiger partial charge on any atom is -0.262 e. The molecule has 0 amide bonds. The summed E-state index contributed by atoms with van der Waals surface area (Å²) in [5.41, 5.74) is 0. The van der Waals surface area contributed by atoms with Crippen LogP contribution in [0.5, 0.6) is 0 Å². The normalized spacial score (nSPS) is 11.2. The Hall–Kier alpha value is -1.57. The summed E-state index contributed by atoms with van der Waals surface area (Å²) >= 11 is 0. The van der Waals surface area contributed by atoms with E-state index in [4.69, 9.17) is 15.8 Å². The second-order valence-corrected chi connectivity index (χ2v) is 2.03. The molecule has 4 nitrogen and oxygen atoms in total. The Kier molecular flexibility index (Phi) is 4.49. The number of hydrogen-bond donors (Lipinski definition) is 0. The van der Waals surface area contributed by atoms with Gasteiger partial charge in [-0.1, -0.05) is 0 Å². The van der Waals surface area contributed by atoms with Gasteiger partial charge in [0.05, 0.1) is 37.3 Å². The highest BCUT2D eigenvalue weighted by molar-refractivity contribution is 4.95. The van der Waals surface area contributed by atoms with Crippen LogP contribution in [0.15, 0.2) is 0 Å². The van der Waals surface area contributed by atoms with Crippen molar-refractivity contribution in [1.82, 2.24) is 4.90 Å². The molecular formula is C7H8N4. The van der Waals surface area contributed by atoms with Gasteiger partial charge in [0.15, 0.2) is 0 Å². The molecule has 1 atom stereocenters. The summed E-state index contributed by atoms with van der Waals surface area (Å²) in [4.78, 5) is 1.50. The molecule has 0 radical (unpaired) electrons. The summed E-state index contributed by atoms with van der Waals surface area (Å²) in [5.74, 6) is 0. The van der Waals surface area contributed by atoms with Gasteiger partial charge in [-0.2, -0.15) is 15.8 Å². The second-order valence-electron chi connectivity index (χ2n) is 2.03. The van der Waals surface area contributed by atoms with Gasteiger partial charge in [-0.05, 0) is 6.92 Å². The lowest BCUT2D eigenvalue weighted by Gasteiger charge is -2.16. The third-order valence-electron chi connectivity index (χ3n) is 1.28. The lowest BCUT2D eigenvalue weighted by atomic mass is 10.3. The van der Waals surface area contributed by atoms with Crippen molar-refractivity contribution in [3.8, 4) is 18.2 Å². The molecule has 56 valence electrons. The monoisotopic (exact) mass is 148 g/mol. The van der Waals surface area contributed by atoms with Gasteiger partial charge >= 0.3 is 0 Å². The first kappa shape index (κ1) is 9.43. The highest BCUT2D eigenvalue weighted by Gasteiger charge is 2.10. The molecule has 4 heteroatoms. The fourth-order valence-electron chi connectivity index (χ4n) is 0.593. The summed E-state index contributed by atoms with van der Waals surface area (Å²) in [6, 6.07) is 5.38. The number of nitriles is 3. The summed E-state index contributed by atoms with van der Waals surface area (Å²) in [5, 5.41) is 25.0. The molecule has 0 rings (SSSR count). The van der Waals surface area contributed by atoms with Gasteiger partial charge in [0.2, 0.25) is 0 Å². The standard InChI is InChI=1S/C7H8N4/c1-7(6-10)11(4-2-8)5-3-9/h7H,4-5H2,1H3/t7-/m0/s1. The van der Waals surface area contributed by atoms with Crippen LogP contribution in [0.1, 0.15) is 6.92 Å². The van der Waals surface area contributed by atoms with Crippen LogP contribution < -0.4 is 0 Å². The average Bonchev–Trinajstić information content (AvgIpc) is 2.03. The minimum absolute atomic E-state index is 0.127. The van der Waals surface area contributed by atoms with Crippen molar-refractivity contribution in [2.24, 2.45) is 0 Å². The molecule has 0 bridgehead atoms. The van der Waals surface area contributed by atoms with E-state index >= 15 is 0 Å². The molecule has 0 heterocycles. The van der Waals surface area contributed by atoms with Gasteiger partial charge in [-0.3, -0.25) is 4.90 Å². The Labute approximate surface area is 65.9 Å². The van der Waals surface area contributed by atoms with E-state index in [2.05, 4.69) is 0 Å². The molecule has 0 saturated carbocycles. The maximum absolute atomic E-state index is 8.45. The minimum atomic E-state index is -0.366. The van der Waals surface area contributed by atoms with E-state index in [-0.39, 0.29) is 19.1 Å². The summed E-state index contributed by atoms with van der Waals surface area (Å²) < 4.78 is 0. The van der Waals surface area contributed by atoms with Crippen LogP contribution in [0.25, 0.3) is 0 Å². The van der Waals surface area contributed by atoms with E-state index in [1.807, 2.05) is 18.2 Å². The van der Waals surface area contributed by atoms with Gasteiger partial charge in [0, 0.05) is 0 Å². The Bertz CT molecular complexity index is 210. The van der Waals surface area contributed by atoms with Crippen molar-refractivity contribution in [1.29, 1.82) is 15.8 Å². The first-order valence-corrected chi connectivity index (χ1v) is 3.13. The Morgan fingerprint density at radius 1 is 1.18 bits per heavy atom. The van der Waals surface area contributed by atoms with Crippen molar-refractivity contribution in [3.63, 3.8) is 0 Å². The van der Waals surface area contributed by atoms with Crippen LogP contribution in [0.2, 0.25) is 0 Å². The van der Waals surface area contributed by atoms with E-state index in [9.17, 15) is 0 Å². The van der Waals surface area contributed by atoms with Crippen molar-refractivity contribution in [3.05, 3.63) is 0 Å². The first-order valence-electron chi connectivity index (χ1n) is 3.13. The van der Waals surface area contributed by atoms with Gasteiger partial charge < -0.3 is 0 Å². The zero-order valence-electron chi connectivity index (χ0n) is 6.28. The molecule has 0 saturated heterocycles. The Morgan fingerprint density at radius 3 is 1.91 bits per heavy atom. The van der Waals surface area contributed by atoms with E-state index in [0.717, 1.165) is 0 Å². The molecule has 0 aliphatic rings. The molecule has 11 heavy (non-hydrogen) atoms. The van der Waals surface area contributed by atoms with Crippen LogP contribution in [0.3, 0.4) is 0 Å². The molecule has 0 aliphatic carbocycles. The van der Waals surface area contributed by atoms with E-state index < -0.39 is 0 Å². The van der Waals surface area contributed by atoms with E-state index in [1.165, 1.54) is 4.90 Å². The zero-order valence-corrected chi connectivity index (χ0v) is 6.28. The van der Waals surface area contributed by atoms with Crippen molar-refractivity contribution < 1.29 is 0 Å². The Morgan fingerprint density at radius 2 is 1.64 bits per heavy atom. The summed E-state index contributed by atoms with van der Waals surface area (Å²) in [6.45, 7) is 1.92. The number of rotatable bonds is 3. The fourth-order valence-corrected chi connectivity index (χ4v) is 0.593. The van der Waals surface area contributed by atoms with Gasteiger partial charge in [-0.15, -0.1) is 0 Å². The van der Waals surface area contributed by atoms with Crippen LogP contribution in [0, 0.1) is 34.0 Å². The van der Waals surface area contributed by atoms with Crippen LogP contribution >= 0.6 is 0 Å². The maximum Gasteiger partial charge on any atom is 0.0966 e. The molecule has 0 N–H and O–H groups in total. The zero-order chi connectivity index (χ0) is 8.69. The predicted molar refractivity (Wildman–Crippen MR) is 37.9 cm³/mol. The Balaban J connectivity index is 4.04. The maximum atomic E-state index is 8.45. The molecule has 0 spiro atoms. The van der Waals surface area contributed by atoms with Crippen molar-refractivity contribution in [2.75, 3.05) is 13.1 Å². The molecule has 0 aliphatic heterocycles. The van der Waals surface area contributed by atoms with Crippen LogP contribution in [-0.4, -0.2) is 24.0 Å². The van der Waals surface area contributed by atoms with E-state index in [0.29, 0.717) is 0 Å². The summed E-state index contributed by atoms with van der Waals surface area (Å²) in [6.07, 6.45) is 0. The highest BCUT2D eigenvalue weighted by Crippen LogP contribution is 1.94. The van der Waals surface area contributed by atoms with Gasteiger partial charge in [0.1, 0.15) is 0 Å². The van der Waals surface area contributed by atoms with Crippen LogP contribution in [-0.2, 0) is 0 Å². The number of hydrogen-bond acceptors (Lipinski definition) is 4. The quantitative estimate of drug-likeness (QED) is 0.537. The lowest BCUT2D eigenvalue weighted by molar-refractivity contribution is 0.309. The van der Waals surface area contributed by atoms with E-state index in [1.54, 1.807) is 6.92 Å². The van der Waals surface area contributed by atoms with Crippen molar-refractivity contribution in [2.45, 2.75) is 13.0 Å². The SMILES string of the molecule is C[C@@H](C#N)N(CC#N)CC#N. The summed E-state index contributed by atoms with van der Waals surface area (Å²) in [7, 11) is 0. The van der Waals surface area contributed by atoms with Gasteiger partial charge in [0.25, 0.3) is 0 Å². The molecule has 0 aromatic carbocycles. The molecule has 0 aromatic heterocycles. The molecule has 0 fully saturated rings. The fraction of sp³-hybridized carbons (Fsp3) is 0.571. The third-order valence-corrected chi connectivity index (χ3v) is 1.28. The smallest absolute Gasteiger partial charge is 0.0966 e. The third kappa shape index (κ3) is 3.20. The predicted octanol–water partition coefficient (Wildman–Crippen LogP) is 0.248. The lowest BCUT2D eigenvalue weighted by Crippen LogP contribution is -2.32. The van der Waals surface area contributed by atoms with Gasteiger partial charge in [-0.25, -0.2) is 0 Å². The first-order chi connectivity index (χ1) is 5.26. The highest BCUT2D eigenvalue weighted by atomic mass is 15.1. The van der Waals surface area contributed by atoms with Crippen molar-refractivity contribution >= 4 is 0 Å². The molecular weight excluding hydrogens is 140 g/mol. The molecule has 0 unspecified atom stereocenters. The average molecular weight is 148 g/mol. The molecule has 0 aromatic rings. The second kappa shape index (κ2) is 5.23. The largest absolute Gasteiger partial charge is 0.262 e. The topological polar surface area (TPSA) is 74.6 Å². The number of nitrogens with zero attached hydrogens (tertiary/aromatic N) is 4. The van der Waals surface area contributed by atoms with Crippen LogP contribution in [0.4, 0.5) is 0 Å².